The van der Waals surface area contributed by atoms with Crippen molar-refractivity contribution in [2.45, 2.75) is 206 Å². The summed E-state index contributed by atoms with van der Waals surface area (Å²) in [5.41, 5.74) is 0. The van der Waals surface area contributed by atoms with Gasteiger partial charge in [-0.25, -0.2) is 4.57 Å². The molecule has 3 N–H and O–H groups in total. The van der Waals surface area contributed by atoms with Crippen molar-refractivity contribution in [2.24, 2.45) is 0 Å². The maximum atomic E-state index is 12.7. The molecule has 0 aromatic heterocycles. The van der Waals surface area contributed by atoms with Gasteiger partial charge in [-0.3, -0.25) is 13.8 Å². The molecule has 358 valence electrons. The summed E-state index contributed by atoms with van der Waals surface area (Å²) in [6.07, 6.45) is 59.7. The Labute approximate surface area is 379 Å². The monoisotopic (exact) mass is 891 g/mol. The Kier molecular flexibility index (Phi) is 46.3. The Balaban J connectivity index is 4.18. The number of hydrogen-bond donors (Lipinski definition) is 3. The molecule has 0 aliphatic heterocycles. The van der Waals surface area contributed by atoms with Crippen LogP contribution in [0.1, 0.15) is 194 Å². The third-order valence-corrected chi connectivity index (χ3v) is 11.0. The topological polar surface area (TPSA) is 132 Å². The van der Waals surface area contributed by atoms with Crippen molar-refractivity contribution in [2.75, 3.05) is 33.0 Å². The van der Waals surface area contributed by atoms with Gasteiger partial charge in [0.1, 0.15) is 12.2 Å². The molecule has 0 spiro atoms. The van der Waals surface area contributed by atoms with Gasteiger partial charge in [0, 0.05) is 13.0 Å². The van der Waals surface area contributed by atoms with Crippen molar-refractivity contribution in [3.05, 3.63) is 85.1 Å². The van der Waals surface area contributed by atoms with Gasteiger partial charge < -0.3 is 24.6 Å². The number of allylic oxidation sites excluding steroid dienone is 14. The number of carbonyl (C=O) groups excluding carboxylic acids is 1. The van der Waals surface area contributed by atoms with Gasteiger partial charge in [0.05, 0.1) is 26.4 Å². The van der Waals surface area contributed by atoms with Crippen molar-refractivity contribution in [3.8, 4) is 0 Å². The first-order chi connectivity index (χ1) is 30.3. The first kappa shape index (κ1) is 59.6. The van der Waals surface area contributed by atoms with Gasteiger partial charge in [0.15, 0.2) is 0 Å². The molecular weight excluding hydrogens is 800 g/mol. The molecule has 10 heteroatoms. The third kappa shape index (κ3) is 47.1. The lowest BCUT2D eigenvalue weighted by Gasteiger charge is -2.20. The zero-order chi connectivity index (χ0) is 45.3. The van der Waals surface area contributed by atoms with E-state index in [-0.39, 0.29) is 13.0 Å². The SMILES string of the molecule is CC/C=C\C/C=C\C/C=C\C/C=C\C/C=C\CCCCCCOCC(COP(=O)(O)OCC(O)CO)OC(=O)CCCCCCCCCCC/C=C\C/C=C\CCCCCCC. The van der Waals surface area contributed by atoms with Gasteiger partial charge in [-0.15, -0.1) is 0 Å². The van der Waals surface area contributed by atoms with Crippen LogP contribution in [0, 0.1) is 0 Å². The summed E-state index contributed by atoms with van der Waals surface area (Å²) in [5.74, 6) is -0.399. The predicted molar refractivity (Wildman–Crippen MR) is 260 cm³/mol. The van der Waals surface area contributed by atoms with E-state index in [9.17, 15) is 19.4 Å². The van der Waals surface area contributed by atoms with Gasteiger partial charge >= 0.3 is 13.8 Å². The Morgan fingerprint density at radius 1 is 0.516 bits per heavy atom. The summed E-state index contributed by atoms with van der Waals surface area (Å²) in [5, 5.41) is 18.4. The number of unbranched alkanes of at least 4 members (excludes halogenated alkanes) is 18. The number of hydrogen-bond acceptors (Lipinski definition) is 8. The third-order valence-electron chi connectivity index (χ3n) is 10.1. The van der Waals surface area contributed by atoms with Crippen LogP contribution in [0.3, 0.4) is 0 Å². The van der Waals surface area contributed by atoms with Gasteiger partial charge in [-0.05, 0) is 89.9 Å². The van der Waals surface area contributed by atoms with E-state index in [1.54, 1.807) is 0 Å². The molecule has 9 nitrogen and oxygen atoms in total. The summed E-state index contributed by atoms with van der Waals surface area (Å²) in [7, 11) is -4.54. The number of aliphatic hydroxyl groups excluding tert-OH is 2. The first-order valence-electron chi connectivity index (χ1n) is 24.6. The molecule has 62 heavy (non-hydrogen) atoms. The molecule has 3 atom stereocenters. The lowest BCUT2D eigenvalue weighted by Crippen LogP contribution is -2.29. The fourth-order valence-electron chi connectivity index (χ4n) is 6.35. The highest BCUT2D eigenvalue weighted by atomic mass is 31.2. The molecule has 0 saturated carbocycles. The van der Waals surface area contributed by atoms with Crippen LogP contribution in [0.25, 0.3) is 0 Å². The Morgan fingerprint density at radius 3 is 1.39 bits per heavy atom. The Morgan fingerprint density at radius 2 is 0.919 bits per heavy atom. The average molecular weight is 891 g/mol. The zero-order valence-electron chi connectivity index (χ0n) is 39.3. The molecule has 0 saturated heterocycles. The molecule has 0 bridgehead atoms. The maximum Gasteiger partial charge on any atom is 0.472 e. The molecule has 0 heterocycles. The summed E-state index contributed by atoms with van der Waals surface area (Å²) in [6, 6.07) is 0. The fourth-order valence-corrected chi connectivity index (χ4v) is 7.14. The van der Waals surface area contributed by atoms with Crippen molar-refractivity contribution in [1.29, 1.82) is 0 Å². The van der Waals surface area contributed by atoms with Crippen molar-refractivity contribution in [3.63, 3.8) is 0 Å². The lowest BCUT2D eigenvalue weighted by molar-refractivity contribution is -0.154. The van der Waals surface area contributed by atoms with Crippen molar-refractivity contribution >= 4 is 13.8 Å². The number of phosphoric ester groups is 1. The number of ether oxygens (including phenoxy) is 2. The Hall–Kier alpha value is -2.36. The minimum Gasteiger partial charge on any atom is -0.457 e. The van der Waals surface area contributed by atoms with Crippen molar-refractivity contribution in [1.82, 2.24) is 0 Å². The number of aliphatic hydroxyl groups is 2. The van der Waals surface area contributed by atoms with Crippen LogP contribution >= 0.6 is 7.82 Å². The van der Waals surface area contributed by atoms with Crippen LogP contribution in [0.15, 0.2) is 85.1 Å². The molecule has 0 aromatic rings. The van der Waals surface area contributed by atoms with E-state index in [1.807, 2.05) is 0 Å². The number of rotatable bonds is 46. The Bertz CT molecular complexity index is 1240. The highest BCUT2D eigenvalue weighted by molar-refractivity contribution is 7.47. The van der Waals surface area contributed by atoms with Gasteiger partial charge in [-0.2, -0.15) is 0 Å². The second-order valence-electron chi connectivity index (χ2n) is 16.1. The number of phosphoric acid groups is 1. The molecular formula is C52H91O9P. The highest BCUT2D eigenvalue weighted by Gasteiger charge is 2.26. The highest BCUT2D eigenvalue weighted by Crippen LogP contribution is 2.43. The van der Waals surface area contributed by atoms with Crippen LogP contribution in [0.5, 0.6) is 0 Å². The van der Waals surface area contributed by atoms with E-state index < -0.39 is 45.8 Å². The predicted octanol–water partition coefficient (Wildman–Crippen LogP) is 14.3. The van der Waals surface area contributed by atoms with E-state index in [2.05, 4.69) is 98.9 Å². The van der Waals surface area contributed by atoms with E-state index >= 15 is 0 Å². The summed E-state index contributed by atoms with van der Waals surface area (Å²) < 4.78 is 33.5. The van der Waals surface area contributed by atoms with Gasteiger partial charge in [-0.1, -0.05) is 182 Å². The smallest absolute Gasteiger partial charge is 0.457 e. The molecule has 0 aliphatic rings. The van der Waals surface area contributed by atoms with Gasteiger partial charge in [0.25, 0.3) is 0 Å². The van der Waals surface area contributed by atoms with Crippen LogP contribution < -0.4 is 0 Å². The molecule has 0 rings (SSSR count). The molecule has 0 fully saturated rings. The minimum absolute atomic E-state index is 0.0258. The second kappa shape index (κ2) is 48.1. The number of esters is 1. The molecule has 0 aromatic carbocycles. The van der Waals surface area contributed by atoms with Crippen LogP contribution in [-0.2, 0) is 27.9 Å². The van der Waals surface area contributed by atoms with E-state index in [0.717, 1.165) is 96.3 Å². The van der Waals surface area contributed by atoms with Crippen LogP contribution in [0.4, 0.5) is 0 Å². The van der Waals surface area contributed by atoms with Crippen LogP contribution in [-0.4, -0.2) is 66.3 Å². The van der Waals surface area contributed by atoms with Gasteiger partial charge in [0.2, 0.25) is 0 Å². The molecule has 0 radical (unpaired) electrons. The second-order valence-corrected chi connectivity index (χ2v) is 17.5. The maximum absolute atomic E-state index is 12.7. The lowest BCUT2D eigenvalue weighted by atomic mass is 10.1. The molecule has 0 aliphatic carbocycles. The summed E-state index contributed by atoms with van der Waals surface area (Å²) in [4.78, 5) is 22.7. The first-order valence-corrected chi connectivity index (χ1v) is 26.1. The van der Waals surface area contributed by atoms with Crippen LogP contribution in [0.2, 0.25) is 0 Å². The number of carbonyl (C=O) groups is 1. The normalized spacial score (nSPS) is 14.6. The summed E-state index contributed by atoms with van der Waals surface area (Å²) in [6.45, 7) is 3.32. The van der Waals surface area contributed by atoms with E-state index in [0.29, 0.717) is 13.0 Å². The largest absolute Gasteiger partial charge is 0.472 e. The fraction of sp³-hybridized carbons (Fsp3) is 0.712. The molecule has 3 unspecified atom stereocenters. The molecule has 0 amide bonds. The zero-order valence-corrected chi connectivity index (χ0v) is 40.2. The van der Waals surface area contributed by atoms with E-state index in [4.69, 9.17) is 23.6 Å². The van der Waals surface area contributed by atoms with Crippen molar-refractivity contribution < 1.29 is 43.0 Å². The quantitative estimate of drug-likeness (QED) is 0.0236. The van der Waals surface area contributed by atoms with E-state index in [1.165, 1.54) is 70.6 Å². The standard InChI is InChI=1S/C52H91O9P/c1-3-5-7-9-11-13-15-17-19-21-23-25-26-28-30-32-34-36-38-40-42-44-52(55)61-51(49-60-62(56,57)59-47-50(54)46-53)48-58-45-43-41-39-37-35-33-31-29-27-24-22-20-18-16-14-12-10-8-6-4-2/h6,8,12,14-15,17-18,20-21,23-24,27,31,33,50-51,53-54H,3-5,7,9-11,13,16,19,22,25-26,28-30,32,34-49H2,1-2H3,(H,56,57)/b8-6-,14-12-,17-15-,20-18-,23-21-,27-24-,33-31-. The average Bonchev–Trinajstić information content (AvgIpc) is 3.26. The summed E-state index contributed by atoms with van der Waals surface area (Å²) >= 11 is 0. The minimum atomic E-state index is -4.54.